The van der Waals surface area contributed by atoms with Gasteiger partial charge in [0.05, 0.1) is 5.75 Å². The summed E-state index contributed by atoms with van der Waals surface area (Å²) in [6.45, 7) is 10.2. The van der Waals surface area contributed by atoms with Crippen LogP contribution in [0.4, 0.5) is 0 Å². The van der Waals surface area contributed by atoms with E-state index >= 15 is 0 Å². The van der Waals surface area contributed by atoms with Gasteiger partial charge in [0.2, 0.25) is 11.8 Å². The molecule has 2 amide bonds. The van der Waals surface area contributed by atoms with Gasteiger partial charge in [0.15, 0.2) is 0 Å². The number of thioether (sulfide) groups is 1. The van der Waals surface area contributed by atoms with E-state index in [2.05, 4.69) is 37.4 Å². The summed E-state index contributed by atoms with van der Waals surface area (Å²) in [5, 5.41) is 2.92. The molecule has 0 bridgehead atoms. The molecule has 0 saturated heterocycles. The standard InChI is InChI=1S/C24H32N2O2S/c1-17(2)25-24(28)20(5)26(14-21-9-7-6-8-10-21)23(27)16-29-15-22-12-18(3)11-19(4)13-22/h6-13,17,20H,14-16H2,1-5H3,(H,25,28)/t20-/m0/s1. The van der Waals surface area contributed by atoms with Crippen molar-refractivity contribution in [3.8, 4) is 0 Å². The third-order valence-corrected chi connectivity index (χ3v) is 5.56. The van der Waals surface area contributed by atoms with Crippen LogP contribution in [-0.4, -0.2) is 34.6 Å². The first-order chi connectivity index (χ1) is 13.8. The second-order valence-corrected chi connectivity index (χ2v) is 8.82. The number of hydrogen-bond donors (Lipinski definition) is 1. The summed E-state index contributed by atoms with van der Waals surface area (Å²) in [6.07, 6.45) is 0. The minimum atomic E-state index is -0.521. The fourth-order valence-electron chi connectivity index (χ4n) is 3.26. The molecule has 156 valence electrons. The van der Waals surface area contributed by atoms with Crippen LogP contribution in [0.25, 0.3) is 0 Å². The Hall–Kier alpha value is -2.27. The Kier molecular flexibility index (Phi) is 8.77. The van der Waals surface area contributed by atoms with Crippen LogP contribution < -0.4 is 5.32 Å². The lowest BCUT2D eigenvalue weighted by molar-refractivity contribution is -0.138. The predicted molar refractivity (Wildman–Crippen MR) is 122 cm³/mol. The first-order valence-corrected chi connectivity index (χ1v) is 11.2. The molecule has 0 saturated carbocycles. The molecule has 0 spiro atoms. The summed E-state index contributed by atoms with van der Waals surface area (Å²) in [5.41, 5.74) is 4.71. The third-order valence-electron chi connectivity index (χ3n) is 4.57. The van der Waals surface area contributed by atoms with E-state index in [1.165, 1.54) is 16.7 Å². The van der Waals surface area contributed by atoms with Crippen LogP contribution in [-0.2, 0) is 21.9 Å². The molecule has 0 fully saturated rings. The maximum atomic E-state index is 13.0. The van der Waals surface area contributed by atoms with Gasteiger partial charge in [-0.05, 0) is 45.7 Å². The van der Waals surface area contributed by atoms with E-state index in [1.54, 1.807) is 23.6 Å². The largest absolute Gasteiger partial charge is 0.352 e. The van der Waals surface area contributed by atoms with Crippen molar-refractivity contribution in [3.05, 3.63) is 70.8 Å². The summed E-state index contributed by atoms with van der Waals surface area (Å²) in [7, 11) is 0. The van der Waals surface area contributed by atoms with Crippen molar-refractivity contribution in [1.29, 1.82) is 0 Å². The number of carbonyl (C=O) groups excluding carboxylic acids is 2. The molecule has 4 nitrogen and oxygen atoms in total. The molecular weight excluding hydrogens is 380 g/mol. The highest BCUT2D eigenvalue weighted by atomic mass is 32.2. The van der Waals surface area contributed by atoms with Gasteiger partial charge in [-0.2, -0.15) is 0 Å². The Balaban J connectivity index is 2.05. The zero-order chi connectivity index (χ0) is 21.4. The lowest BCUT2D eigenvalue weighted by Gasteiger charge is -2.29. The summed E-state index contributed by atoms with van der Waals surface area (Å²) in [5.74, 6) is 0.984. The topological polar surface area (TPSA) is 49.4 Å². The van der Waals surface area contributed by atoms with Crippen LogP contribution >= 0.6 is 11.8 Å². The van der Waals surface area contributed by atoms with Crippen LogP contribution in [0.5, 0.6) is 0 Å². The highest BCUT2D eigenvalue weighted by molar-refractivity contribution is 7.99. The SMILES string of the molecule is Cc1cc(C)cc(CSCC(=O)N(Cc2ccccc2)[C@@H](C)C(=O)NC(C)C)c1. The number of rotatable bonds is 9. The van der Waals surface area contributed by atoms with Gasteiger partial charge in [-0.1, -0.05) is 59.7 Å². The molecule has 1 N–H and O–H groups in total. The fourth-order valence-corrected chi connectivity index (χ4v) is 4.10. The molecule has 0 aliphatic carbocycles. The first-order valence-electron chi connectivity index (χ1n) is 10.0. The number of aryl methyl sites for hydroxylation is 2. The number of carbonyl (C=O) groups is 2. The second-order valence-electron chi connectivity index (χ2n) is 7.84. The molecule has 0 heterocycles. The number of benzene rings is 2. The highest BCUT2D eigenvalue weighted by Crippen LogP contribution is 2.18. The summed E-state index contributed by atoms with van der Waals surface area (Å²) < 4.78 is 0. The zero-order valence-corrected chi connectivity index (χ0v) is 18.9. The van der Waals surface area contributed by atoms with Crippen molar-refractivity contribution >= 4 is 23.6 Å². The Bertz CT molecular complexity index is 801. The van der Waals surface area contributed by atoms with Crippen molar-refractivity contribution in [3.63, 3.8) is 0 Å². The van der Waals surface area contributed by atoms with Crippen LogP contribution in [0.2, 0.25) is 0 Å². The number of amides is 2. The molecule has 0 aromatic heterocycles. The van der Waals surface area contributed by atoms with Crippen LogP contribution in [0, 0.1) is 13.8 Å². The number of nitrogens with one attached hydrogen (secondary N) is 1. The zero-order valence-electron chi connectivity index (χ0n) is 18.1. The Morgan fingerprint density at radius 3 is 2.17 bits per heavy atom. The quantitative estimate of drug-likeness (QED) is 0.661. The van der Waals surface area contributed by atoms with Gasteiger partial charge >= 0.3 is 0 Å². The maximum absolute atomic E-state index is 13.0. The molecular formula is C24H32N2O2S. The van der Waals surface area contributed by atoms with E-state index in [0.717, 1.165) is 11.3 Å². The number of hydrogen-bond acceptors (Lipinski definition) is 3. The van der Waals surface area contributed by atoms with E-state index in [9.17, 15) is 9.59 Å². The van der Waals surface area contributed by atoms with Gasteiger partial charge in [-0.3, -0.25) is 9.59 Å². The lowest BCUT2D eigenvalue weighted by Crippen LogP contribution is -2.49. The maximum Gasteiger partial charge on any atom is 0.242 e. The van der Waals surface area contributed by atoms with Gasteiger partial charge in [0, 0.05) is 18.3 Å². The molecule has 5 heteroatoms. The van der Waals surface area contributed by atoms with Crippen molar-refractivity contribution in [2.45, 2.75) is 59.0 Å². The lowest BCUT2D eigenvalue weighted by atomic mass is 10.1. The third kappa shape index (κ3) is 7.58. The summed E-state index contributed by atoms with van der Waals surface area (Å²) >= 11 is 1.59. The van der Waals surface area contributed by atoms with E-state index in [1.807, 2.05) is 44.2 Å². The molecule has 0 aliphatic rings. The molecule has 2 rings (SSSR count). The molecule has 0 aliphatic heterocycles. The van der Waals surface area contributed by atoms with Crippen molar-refractivity contribution in [2.75, 3.05) is 5.75 Å². The summed E-state index contributed by atoms with van der Waals surface area (Å²) in [4.78, 5) is 27.3. The summed E-state index contributed by atoms with van der Waals surface area (Å²) in [6, 6.07) is 15.8. The van der Waals surface area contributed by atoms with Gasteiger partial charge < -0.3 is 10.2 Å². The van der Waals surface area contributed by atoms with E-state index in [4.69, 9.17) is 0 Å². The normalized spacial score (nSPS) is 11.9. The van der Waals surface area contributed by atoms with E-state index in [0.29, 0.717) is 12.3 Å². The Morgan fingerprint density at radius 1 is 0.966 bits per heavy atom. The van der Waals surface area contributed by atoms with Crippen molar-refractivity contribution in [1.82, 2.24) is 10.2 Å². The van der Waals surface area contributed by atoms with Gasteiger partial charge in [0.1, 0.15) is 6.04 Å². The van der Waals surface area contributed by atoms with Gasteiger partial charge in [0.25, 0.3) is 0 Å². The smallest absolute Gasteiger partial charge is 0.242 e. The van der Waals surface area contributed by atoms with E-state index < -0.39 is 6.04 Å². The fraction of sp³-hybridized carbons (Fsp3) is 0.417. The van der Waals surface area contributed by atoms with Crippen molar-refractivity contribution in [2.24, 2.45) is 0 Å². The molecule has 0 unspecified atom stereocenters. The second kappa shape index (κ2) is 11.1. The minimum Gasteiger partial charge on any atom is -0.352 e. The monoisotopic (exact) mass is 412 g/mol. The van der Waals surface area contributed by atoms with Gasteiger partial charge in [-0.15, -0.1) is 11.8 Å². The molecule has 2 aromatic rings. The predicted octanol–water partition coefficient (Wildman–Crippen LogP) is 4.48. The number of nitrogens with zero attached hydrogens (tertiary/aromatic N) is 1. The highest BCUT2D eigenvalue weighted by Gasteiger charge is 2.26. The average Bonchev–Trinajstić information content (AvgIpc) is 2.65. The van der Waals surface area contributed by atoms with Crippen LogP contribution in [0.15, 0.2) is 48.5 Å². The molecule has 2 aromatic carbocycles. The van der Waals surface area contributed by atoms with Gasteiger partial charge in [-0.25, -0.2) is 0 Å². The van der Waals surface area contributed by atoms with Crippen LogP contribution in [0.3, 0.4) is 0 Å². The Morgan fingerprint density at radius 2 is 1.59 bits per heavy atom. The van der Waals surface area contributed by atoms with Crippen molar-refractivity contribution < 1.29 is 9.59 Å². The van der Waals surface area contributed by atoms with Crippen LogP contribution in [0.1, 0.15) is 43.0 Å². The van der Waals surface area contributed by atoms with E-state index in [-0.39, 0.29) is 17.9 Å². The first kappa shape index (κ1) is 23.0. The average molecular weight is 413 g/mol. The Labute approximate surface area is 179 Å². The molecule has 0 radical (unpaired) electrons. The molecule has 29 heavy (non-hydrogen) atoms. The minimum absolute atomic E-state index is 0.0189. The molecule has 1 atom stereocenters.